The SMILES string of the molecule is CC(C)c1nnc(NC(=O)CCn2ncc(=O)c3ccccc32)s1. The van der Waals surface area contributed by atoms with Crippen molar-refractivity contribution < 1.29 is 4.79 Å². The number of aromatic nitrogens is 4. The molecule has 3 aromatic rings. The van der Waals surface area contributed by atoms with Gasteiger partial charge in [0.15, 0.2) is 0 Å². The minimum atomic E-state index is -0.161. The molecule has 0 saturated carbocycles. The van der Waals surface area contributed by atoms with Crippen molar-refractivity contribution in [3.05, 3.63) is 45.7 Å². The van der Waals surface area contributed by atoms with Gasteiger partial charge in [-0.25, -0.2) is 0 Å². The molecule has 1 N–H and O–H groups in total. The van der Waals surface area contributed by atoms with E-state index in [1.165, 1.54) is 17.5 Å². The van der Waals surface area contributed by atoms with E-state index in [-0.39, 0.29) is 23.7 Å². The highest BCUT2D eigenvalue weighted by Gasteiger charge is 2.11. The van der Waals surface area contributed by atoms with Crippen LogP contribution >= 0.6 is 11.3 Å². The molecule has 0 aliphatic rings. The van der Waals surface area contributed by atoms with Crippen molar-refractivity contribution in [3.63, 3.8) is 0 Å². The molecular weight excluding hydrogens is 326 g/mol. The van der Waals surface area contributed by atoms with Crippen LogP contribution in [-0.2, 0) is 11.3 Å². The summed E-state index contributed by atoms with van der Waals surface area (Å²) in [5, 5.41) is 16.9. The second-order valence-corrected chi connectivity index (χ2v) is 6.66. The Morgan fingerprint density at radius 1 is 1.29 bits per heavy atom. The lowest BCUT2D eigenvalue weighted by molar-refractivity contribution is -0.116. The maximum Gasteiger partial charge on any atom is 0.228 e. The van der Waals surface area contributed by atoms with Crippen LogP contribution in [0.4, 0.5) is 5.13 Å². The zero-order chi connectivity index (χ0) is 17.1. The molecule has 3 rings (SSSR count). The second-order valence-electron chi connectivity index (χ2n) is 5.65. The Bertz CT molecular complexity index is 931. The first-order valence-electron chi connectivity index (χ1n) is 7.62. The van der Waals surface area contributed by atoms with Crippen molar-refractivity contribution in [2.45, 2.75) is 32.7 Å². The van der Waals surface area contributed by atoms with Crippen LogP contribution in [0.2, 0.25) is 0 Å². The van der Waals surface area contributed by atoms with E-state index in [0.717, 1.165) is 10.5 Å². The predicted molar refractivity (Wildman–Crippen MR) is 93.2 cm³/mol. The molecule has 24 heavy (non-hydrogen) atoms. The summed E-state index contributed by atoms with van der Waals surface area (Å²) in [6.45, 7) is 4.43. The molecule has 7 nitrogen and oxygen atoms in total. The summed E-state index contributed by atoms with van der Waals surface area (Å²) in [4.78, 5) is 23.9. The van der Waals surface area contributed by atoms with Gasteiger partial charge in [-0.15, -0.1) is 10.2 Å². The van der Waals surface area contributed by atoms with Crippen molar-refractivity contribution in [3.8, 4) is 0 Å². The Morgan fingerprint density at radius 3 is 2.83 bits per heavy atom. The van der Waals surface area contributed by atoms with E-state index in [2.05, 4.69) is 20.6 Å². The molecule has 0 spiro atoms. The number of rotatable bonds is 5. The number of fused-ring (bicyclic) bond motifs is 1. The molecule has 0 unspecified atom stereocenters. The van der Waals surface area contributed by atoms with Gasteiger partial charge < -0.3 is 5.32 Å². The van der Waals surface area contributed by atoms with Crippen molar-refractivity contribution in [2.75, 3.05) is 5.32 Å². The van der Waals surface area contributed by atoms with Gasteiger partial charge in [0.05, 0.1) is 18.3 Å². The maximum atomic E-state index is 12.1. The smallest absolute Gasteiger partial charge is 0.228 e. The first kappa shape index (κ1) is 16.3. The monoisotopic (exact) mass is 343 g/mol. The third-order valence-electron chi connectivity index (χ3n) is 3.49. The van der Waals surface area contributed by atoms with Crippen molar-refractivity contribution in [1.29, 1.82) is 0 Å². The van der Waals surface area contributed by atoms with E-state index < -0.39 is 0 Å². The predicted octanol–water partition coefficient (Wildman–Crippen LogP) is 2.40. The summed E-state index contributed by atoms with van der Waals surface area (Å²) < 4.78 is 1.66. The van der Waals surface area contributed by atoms with Gasteiger partial charge in [0.25, 0.3) is 0 Å². The van der Waals surface area contributed by atoms with Crippen LogP contribution in [0.25, 0.3) is 10.9 Å². The molecule has 0 bridgehead atoms. The Balaban J connectivity index is 1.68. The van der Waals surface area contributed by atoms with E-state index in [4.69, 9.17) is 0 Å². The number of carbonyl (C=O) groups excluding carboxylic acids is 1. The number of nitrogens with one attached hydrogen (secondary N) is 1. The molecule has 8 heteroatoms. The maximum absolute atomic E-state index is 12.1. The number of hydrogen-bond acceptors (Lipinski definition) is 6. The average Bonchev–Trinajstić information content (AvgIpc) is 3.03. The Labute approximate surface area is 142 Å². The van der Waals surface area contributed by atoms with Crippen LogP contribution < -0.4 is 10.7 Å². The number of amides is 1. The highest BCUT2D eigenvalue weighted by molar-refractivity contribution is 7.15. The summed E-state index contributed by atoms with van der Waals surface area (Å²) in [5.41, 5.74) is 0.595. The van der Waals surface area contributed by atoms with Crippen LogP contribution in [0.1, 0.15) is 31.2 Å². The summed E-state index contributed by atoms with van der Waals surface area (Å²) in [5.74, 6) is 0.121. The molecule has 1 aromatic carbocycles. The lowest BCUT2D eigenvalue weighted by Crippen LogP contribution is -2.17. The number of aryl methyl sites for hydroxylation is 1. The van der Waals surface area contributed by atoms with Crippen molar-refractivity contribution >= 4 is 33.3 Å². The van der Waals surface area contributed by atoms with Gasteiger partial charge in [-0.3, -0.25) is 14.3 Å². The minimum absolute atomic E-state index is 0.124. The largest absolute Gasteiger partial charge is 0.300 e. The summed E-state index contributed by atoms with van der Waals surface area (Å²) in [6, 6.07) is 7.23. The number of hydrogen-bond donors (Lipinski definition) is 1. The van der Waals surface area contributed by atoms with Gasteiger partial charge in [-0.2, -0.15) is 5.10 Å². The fraction of sp³-hybridized carbons (Fsp3) is 0.312. The molecule has 1 amide bonds. The highest BCUT2D eigenvalue weighted by atomic mass is 32.1. The Kier molecular flexibility index (Phi) is 4.66. The van der Waals surface area contributed by atoms with Gasteiger partial charge in [-0.1, -0.05) is 37.3 Å². The molecule has 2 heterocycles. The molecule has 2 aromatic heterocycles. The van der Waals surface area contributed by atoms with E-state index in [1.807, 2.05) is 32.0 Å². The molecule has 0 fully saturated rings. The molecule has 0 aliphatic carbocycles. The summed E-state index contributed by atoms with van der Waals surface area (Å²) in [7, 11) is 0. The van der Waals surface area contributed by atoms with Crippen LogP contribution in [0.3, 0.4) is 0 Å². The van der Waals surface area contributed by atoms with Crippen molar-refractivity contribution in [1.82, 2.24) is 20.0 Å². The van der Waals surface area contributed by atoms with Crippen LogP contribution in [0, 0.1) is 0 Å². The lowest BCUT2D eigenvalue weighted by Gasteiger charge is -2.08. The highest BCUT2D eigenvalue weighted by Crippen LogP contribution is 2.22. The third kappa shape index (κ3) is 3.48. The molecule has 0 aliphatic heterocycles. The average molecular weight is 343 g/mol. The lowest BCUT2D eigenvalue weighted by atomic mass is 10.2. The molecule has 0 atom stereocenters. The van der Waals surface area contributed by atoms with Gasteiger partial charge in [-0.05, 0) is 12.1 Å². The zero-order valence-electron chi connectivity index (χ0n) is 13.4. The summed E-state index contributed by atoms with van der Waals surface area (Å²) >= 11 is 1.38. The van der Waals surface area contributed by atoms with E-state index in [9.17, 15) is 9.59 Å². The number of anilines is 1. The van der Waals surface area contributed by atoms with Crippen LogP contribution in [0.15, 0.2) is 35.3 Å². The zero-order valence-corrected chi connectivity index (χ0v) is 14.2. The van der Waals surface area contributed by atoms with Gasteiger partial charge in [0.1, 0.15) is 5.01 Å². The van der Waals surface area contributed by atoms with Gasteiger partial charge >= 0.3 is 0 Å². The number of nitrogens with zero attached hydrogens (tertiary/aromatic N) is 4. The Morgan fingerprint density at radius 2 is 2.08 bits per heavy atom. The quantitative estimate of drug-likeness (QED) is 0.768. The fourth-order valence-corrected chi connectivity index (χ4v) is 3.01. The first-order valence-corrected chi connectivity index (χ1v) is 8.44. The Hall–Kier alpha value is -2.61. The van der Waals surface area contributed by atoms with E-state index in [0.29, 0.717) is 17.1 Å². The molecule has 0 saturated heterocycles. The van der Waals surface area contributed by atoms with Crippen LogP contribution in [-0.4, -0.2) is 25.9 Å². The second kappa shape index (κ2) is 6.88. The standard InChI is InChI=1S/C16H17N5O2S/c1-10(2)15-19-20-16(24-15)18-14(23)7-8-21-12-6-4-3-5-11(12)13(22)9-17-21/h3-6,9-10H,7-8H2,1-2H3,(H,18,20,23). The van der Waals surface area contributed by atoms with Crippen LogP contribution in [0.5, 0.6) is 0 Å². The number of carbonyl (C=O) groups is 1. The fourth-order valence-electron chi connectivity index (χ4n) is 2.25. The number of benzene rings is 1. The van der Waals surface area contributed by atoms with E-state index in [1.54, 1.807) is 10.7 Å². The first-order chi connectivity index (χ1) is 11.5. The minimum Gasteiger partial charge on any atom is -0.300 e. The van der Waals surface area contributed by atoms with E-state index >= 15 is 0 Å². The topological polar surface area (TPSA) is 89.8 Å². The molecule has 0 radical (unpaired) electrons. The summed E-state index contributed by atoms with van der Waals surface area (Å²) in [6.07, 6.45) is 1.51. The molecule has 124 valence electrons. The van der Waals surface area contributed by atoms with Crippen molar-refractivity contribution in [2.24, 2.45) is 0 Å². The number of para-hydroxylation sites is 1. The third-order valence-corrected chi connectivity index (χ3v) is 4.63. The molecular formula is C16H17N5O2S. The van der Waals surface area contributed by atoms with Gasteiger partial charge in [0.2, 0.25) is 16.5 Å². The normalized spacial score (nSPS) is 11.1. The van der Waals surface area contributed by atoms with Gasteiger partial charge in [0, 0.05) is 17.7 Å².